The Labute approximate surface area is 247 Å². The van der Waals surface area contributed by atoms with E-state index in [4.69, 9.17) is 36.6 Å². The van der Waals surface area contributed by atoms with Crippen LogP contribution in [0.2, 0.25) is 0 Å². The van der Waals surface area contributed by atoms with E-state index in [0.29, 0.717) is 12.8 Å². The van der Waals surface area contributed by atoms with Crippen LogP contribution in [-0.2, 0) is 39.2 Å². The van der Waals surface area contributed by atoms with Gasteiger partial charge in [-0.15, -0.1) is 0 Å². The summed E-state index contributed by atoms with van der Waals surface area (Å²) < 4.78 is 39.3. The highest BCUT2D eigenvalue weighted by Crippen LogP contribution is 2.62. The molecule has 0 aromatic carbocycles. The van der Waals surface area contributed by atoms with Crippen LogP contribution in [-0.4, -0.2) is 133 Å². The van der Waals surface area contributed by atoms with Gasteiger partial charge in [0, 0.05) is 0 Å². The predicted octanol–water partition coefficient (Wildman–Crippen LogP) is -3.66. The van der Waals surface area contributed by atoms with Gasteiger partial charge in [-0.05, 0) is 30.6 Å². The zero-order valence-electron chi connectivity index (χ0n) is 21.9. The molecule has 0 amide bonds. The van der Waals surface area contributed by atoms with E-state index in [-0.39, 0.29) is 17.0 Å². The molecule has 3 aliphatic rings. The molecule has 2 aliphatic heterocycles. The normalized spacial score (nSPS) is 38.5. The van der Waals surface area contributed by atoms with E-state index in [1.54, 1.807) is 0 Å². The summed E-state index contributed by atoms with van der Waals surface area (Å²) in [6.45, 7) is -6.39. The largest absolute Gasteiger partial charge is 0.481 e. The predicted molar refractivity (Wildman–Crippen MR) is 142 cm³/mol. The molecule has 11 N–H and O–H groups in total. The van der Waals surface area contributed by atoms with Crippen LogP contribution in [0.3, 0.4) is 0 Å². The van der Waals surface area contributed by atoms with Crippen molar-refractivity contribution in [2.24, 2.45) is 5.92 Å². The van der Waals surface area contributed by atoms with Gasteiger partial charge in [-0.2, -0.15) is 0 Å². The molecule has 12 atom stereocenters. The molecule has 7 unspecified atom stereocenters. The van der Waals surface area contributed by atoms with Crippen LogP contribution < -0.4 is 5.73 Å². The van der Waals surface area contributed by atoms with Gasteiger partial charge < -0.3 is 65.3 Å². The van der Waals surface area contributed by atoms with E-state index in [2.05, 4.69) is 23.8 Å². The van der Waals surface area contributed by atoms with Crippen molar-refractivity contribution in [1.82, 2.24) is 19.5 Å². The number of phosphoric acid groups is 1. The average molecular weight is 676 g/mol. The molecule has 5 rings (SSSR count). The first-order chi connectivity index (χ1) is 20.1. The number of imidazole rings is 1. The second kappa shape index (κ2) is 12.1. The third kappa shape index (κ3) is 6.38. The molecule has 1 saturated carbocycles. The van der Waals surface area contributed by atoms with E-state index in [9.17, 15) is 45.0 Å². The summed E-state index contributed by atoms with van der Waals surface area (Å²) in [5.41, 5.74) is 4.41. The number of nitrogens with zero attached hydrogens (tertiary/aromatic N) is 4. The lowest BCUT2D eigenvalue weighted by molar-refractivity contribution is -0.292. The molecule has 2 aromatic rings. The number of aromatic nitrogens is 4. The number of hydrogen-bond acceptors (Lipinski definition) is 18. The number of fused-ring (bicyclic) bond motifs is 1. The number of nitrogen functional groups attached to an aromatic ring is 1. The molecule has 2 saturated heterocycles. The van der Waals surface area contributed by atoms with Crippen LogP contribution in [0.25, 0.3) is 11.2 Å². The van der Waals surface area contributed by atoms with E-state index in [1.807, 2.05) is 0 Å². The number of phosphoric ester groups is 1. The Bertz CT molecular complexity index is 1420. The Balaban J connectivity index is 1.26. The number of aliphatic hydroxyl groups is 7. The van der Waals surface area contributed by atoms with Gasteiger partial charge in [0.1, 0.15) is 60.2 Å². The molecule has 20 nitrogen and oxygen atoms in total. The van der Waals surface area contributed by atoms with Crippen molar-refractivity contribution in [3.8, 4) is 0 Å². The first-order valence-electron chi connectivity index (χ1n) is 12.8. The Morgan fingerprint density at radius 2 is 1.84 bits per heavy atom. The summed E-state index contributed by atoms with van der Waals surface area (Å²) in [7, 11) is -5.47. The standard InChI is InChI=1S/C20H31N5O15P2S/c21-16-10-17(23-5-22-16)25(6-24-10)19-20(32,7-1-2-7)15(31)9(37-19)4-36-42(35,43)40-41(33,34)39-18-13(30)11(28)12(29)14(38-18)8(27)3-26/h5-9,11-15,18-19,26-32H,1-4H2,(H,33,34)(H,35,43)(H2,21,22,23)/t8-,9+,11?,12?,13?,14?,15+,18?,19+,20+,42?/m0/s1. The highest BCUT2D eigenvalue weighted by atomic mass is 32.5. The molecule has 0 bridgehead atoms. The molecule has 0 radical (unpaired) electrons. The van der Waals surface area contributed by atoms with E-state index < -0.39 is 94.5 Å². The molecule has 1 aliphatic carbocycles. The fraction of sp³-hybridized carbons (Fsp3) is 0.750. The number of rotatable bonds is 11. The van der Waals surface area contributed by atoms with Crippen molar-refractivity contribution in [3.05, 3.63) is 12.7 Å². The molecule has 3 fully saturated rings. The fourth-order valence-corrected chi connectivity index (χ4v) is 8.20. The van der Waals surface area contributed by atoms with Gasteiger partial charge in [0.25, 0.3) is 0 Å². The maximum absolute atomic E-state index is 12.6. The minimum absolute atomic E-state index is 0.0721. The number of ether oxygens (including phenoxy) is 2. The average Bonchev–Trinajstić information content (AvgIpc) is 3.66. The molecule has 2 aromatic heterocycles. The Hall–Kier alpha value is -1.33. The third-order valence-electron chi connectivity index (χ3n) is 7.41. The van der Waals surface area contributed by atoms with Gasteiger partial charge >= 0.3 is 14.5 Å². The van der Waals surface area contributed by atoms with Crippen LogP contribution in [0.15, 0.2) is 12.7 Å². The minimum atomic E-state index is -5.47. The lowest BCUT2D eigenvalue weighted by Crippen LogP contribution is -2.61. The van der Waals surface area contributed by atoms with Crippen LogP contribution in [0.4, 0.5) is 5.82 Å². The number of nitrogens with two attached hydrogens (primary N) is 1. The molecular weight excluding hydrogens is 644 g/mol. The first kappa shape index (κ1) is 33.0. The summed E-state index contributed by atoms with van der Waals surface area (Å²) in [6, 6.07) is 0. The minimum Gasteiger partial charge on any atom is -0.394 e. The molecule has 242 valence electrons. The third-order valence-corrected chi connectivity index (χ3v) is 10.9. The maximum atomic E-state index is 12.6. The number of aliphatic hydroxyl groups excluding tert-OH is 6. The van der Waals surface area contributed by atoms with Crippen molar-refractivity contribution < 1.29 is 72.9 Å². The lowest BCUT2D eigenvalue weighted by atomic mass is 9.89. The highest BCUT2D eigenvalue weighted by molar-refractivity contribution is 8.08. The van der Waals surface area contributed by atoms with E-state index in [1.165, 1.54) is 17.2 Å². The molecule has 23 heteroatoms. The Morgan fingerprint density at radius 1 is 1.14 bits per heavy atom. The second-order valence-corrected chi connectivity index (χ2v) is 14.7. The Morgan fingerprint density at radius 3 is 2.49 bits per heavy atom. The quantitative estimate of drug-likeness (QED) is 0.103. The SMILES string of the molecule is Nc1ncnc2c1ncn2[C@@H]1O[C@H](COP(O)(=S)OP(=O)(O)OC2OC([C@@H](O)CO)C(O)C(O)C2O)[C@@H](O)[C@]1(O)C1CC1. The zero-order valence-corrected chi connectivity index (χ0v) is 24.5. The summed E-state index contributed by atoms with van der Waals surface area (Å²) in [5, 5.41) is 71.7. The number of anilines is 1. The summed E-state index contributed by atoms with van der Waals surface area (Å²) >= 11 is 4.79. The van der Waals surface area contributed by atoms with Crippen molar-refractivity contribution >= 4 is 43.3 Å². The van der Waals surface area contributed by atoms with E-state index in [0.717, 1.165) is 0 Å². The van der Waals surface area contributed by atoms with Crippen molar-refractivity contribution in [3.63, 3.8) is 0 Å². The van der Waals surface area contributed by atoms with Crippen LogP contribution in [0.1, 0.15) is 19.1 Å². The van der Waals surface area contributed by atoms with Crippen molar-refractivity contribution in [1.29, 1.82) is 0 Å². The van der Waals surface area contributed by atoms with Gasteiger partial charge in [-0.3, -0.25) is 9.09 Å². The summed E-state index contributed by atoms with van der Waals surface area (Å²) in [6.07, 6.45) is -12.4. The van der Waals surface area contributed by atoms with Gasteiger partial charge in [-0.1, -0.05) is 0 Å². The summed E-state index contributed by atoms with van der Waals surface area (Å²) in [4.78, 5) is 32.8. The molecule has 4 heterocycles. The van der Waals surface area contributed by atoms with Gasteiger partial charge in [0.05, 0.1) is 19.5 Å². The number of hydrogen-bond donors (Lipinski definition) is 10. The molecule has 43 heavy (non-hydrogen) atoms. The first-order valence-corrected chi connectivity index (χ1v) is 16.9. The van der Waals surface area contributed by atoms with E-state index >= 15 is 0 Å². The smallest absolute Gasteiger partial charge is 0.394 e. The topological polar surface area (TPSA) is 315 Å². The van der Waals surface area contributed by atoms with Gasteiger partial charge in [-0.25, -0.2) is 23.8 Å². The lowest BCUT2D eigenvalue weighted by Gasteiger charge is -2.41. The Kier molecular flexibility index (Phi) is 9.31. The zero-order chi connectivity index (χ0) is 31.5. The van der Waals surface area contributed by atoms with Crippen LogP contribution in [0, 0.1) is 5.92 Å². The second-order valence-electron chi connectivity index (χ2n) is 10.3. The maximum Gasteiger partial charge on any atom is 0.481 e. The van der Waals surface area contributed by atoms with Crippen molar-refractivity contribution in [2.45, 2.75) is 73.7 Å². The monoisotopic (exact) mass is 675 g/mol. The van der Waals surface area contributed by atoms with Crippen LogP contribution >= 0.6 is 14.5 Å². The van der Waals surface area contributed by atoms with Crippen LogP contribution in [0.5, 0.6) is 0 Å². The van der Waals surface area contributed by atoms with Gasteiger partial charge in [0.15, 0.2) is 24.0 Å². The molecular formula is C20H31N5O15P2S. The summed E-state index contributed by atoms with van der Waals surface area (Å²) in [5.74, 6) is -0.319. The van der Waals surface area contributed by atoms with Gasteiger partial charge in [0.2, 0.25) is 0 Å². The van der Waals surface area contributed by atoms with Crippen molar-refractivity contribution in [2.75, 3.05) is 18.9 Å². The molecule has 0 spiro atoms. The highest BCUT2D eigenvalue weighted by Gasteiger charge is 2.63. The fourth-order valence-electron chi connectivity index (χ4n) is 5.10.